The molecule has 0 unspecified atom stereocenters. The lowest BCUT2D eigenvalue weighted by Gasteiger charge is -2.07. The quantitative estimate of drug-likeness (QED) is 0.743. The highest BCUT2D eigenvalue weighted by molar-refractivity contribution is 9.10. The van der Waals surface area contributed by atoms with E-state index in [0.717, 1.165) is 15.9 Å². The van der Waals surface area contributed by atoms with Crippen molar-refractivity contribution in [2.75, 3.05) is 10.6 Å². The Kier molecular flexibility index (Phi) is 3.83. The molecule has 0 aliphatic rings. The third kappa shape index (κ3) is 3.57. The molecule has 0 saturated heterocycles. The Bertz CT molecular complexity index is 758. The van der Waals surface area contributed by atoms with E-state index in [4.69, 9.17) is 4.52 Å². The van der Waals surface area contributed by atoms with Crippen LogP contribution in [0.3, 0.4) is 0 Å². The predicted octanol–water partition coefficient (Wildman–Crippen LogP) is 4.02. The van der Waals surface area contributed by atoms with Crippen LogP contribution < -0.4 is 10.6 Å². The summed E-state index contributed by atoms with van der Waals surface area (Å²) in [6, 6.07) is 11.4. The van der Waals surface area contributed by atoms with Crippen LogP contribution in [0.2, 0.25) is 0 Å². The number of benzene rings is 1. The van der Waals surface area contributed by atoms with Gasteiger partial charge in [-0.25, -0.2) is 9.97 Å². The minimum absolute atomic E-state index is 0.611. The van der Waals surface area contributed by atoms with Crippen LogP contribution in [0, 0.1) is 6.92 Å². The first kappa shape index (κ1) is 13.6. The molecule has 106 valence electrons. The third-order valence-corrected chi connectivity index (χ3v) is 3.14. The van der Waals surface area contributed by atoms with E-state index in [0.29, 0.717) is 17.5 Å². The molecule has 3 rings (SSSR count). The van der Waals surface area contributed by atoms with Crippen LogP contribution in [0.5, 0.6) is 0 Å². The summed E-state index contributed by atoms with van der Waals surface area (Å²) in [6.07, 6.45) is 1.48. The number of nitrogens with one attached hydrogen (secondary N) is 2. The zero-order valence-corrected chi connectivity index (χ0v) is 12.8. The van der Waals surface area contributed by atoms with Crippen molar-refractivity contribution in [2.45, 2.75) is 6.92 Å². The summed E-state index contributed by atoms with van der Waals surface area (Å²) in [5.41, 5.74) is 0.936. The van der Waals surface area contributed by atoms with Crippen molar-refractivity contribution in [3.05, 3.63) is 53.0 Å². The highest BCUT2D eigenvalue weighted by Gasteiger charge is 2.04. The number of halogens is 1. The Morgan fingerprint density at radius 1 is 1.00 bits per heavy atom. The molecule has 0 saturated carbocycles. The molecule has 7 heteroatoms. The smallest absolute Gasteiger partial charge is 0.175 e. The van der Waals surface area contributed by atoms with E-state index in [2.05, 4.69) is 41.7 Å². The number of nitrogens with zero attached hydrogens (tertiary/aromatic N) is 3. The average molecular weight is 346 g/mol. The lowest BCUT2D eigenvalue weighted by molar-refractivity contribution is 0.400. The molecule has 3 aromatic rings. The van der Waals surface area contributed by atoms with Crippen molar-refractivity contribution in [1.29, 1.82) is 0 Å². The first-order chi connectivity index (χ1) is 10.2. The maximum Gasteiger partial charge on any atom is 0.175 e. The minimum atomic E-state index is 0.611. The van der Waals surface area contributed by atoms with Gasteiger partial charge in [-0.05, 0) is 25.1 Å². The van der Waals surface area contributed by atoms with Gasteiger partial charge in [0.05, 0.1) is 0 Å². The molecule has 6 nitrogen and oxygen atoms in total. The van der Waals surface area contributed by atoms with E-state index in [1.807, 2.05) is 31.2 Å². The lowest BCUT2D eigenvalue weighted by Crippen LogP contribution is -1.98. The van der Waals surface area contributed by atoms with Crippen molar-refractivity contribution >= 4 is 39.1 Å². The molecule has 0 aliphatic carbocycles. The second kappa shape index (κ2) is 5.92. The van der Waals surface area contributed by atoms with Gasteiger partial charge in [-0.15, -0.1) is 0 Å². The van der Waals surface area contributed by atoms with Crippen LogP contribution in [-0.2, 0) is 0 Å². The monoisotopic (exact) mass is 345 g/mol. The maximum absolute atomic E-state index is 5.00. The van der Waals surface area contributed by atoms with E-state index < -0.39 is 0 Å². The molecular formula is C14H12BrN5O. The summed E-state index contributed by atoms with van der Waals surface area (Å²) in [5, 5.41) is 10.1. The summed E-state index contributed by atoms with van der Waals surface area (Å²) >= 11 is 3.43. The second-order valence-corrected chi connectivity index (χ2v) is 5.29. The van der Waals surface area contributed by atoms with Crippen LogP contribution in [0.15, 0.2) is 51.7 Å². The molecule has 0 bridgehead atoms. The van der Waals surface area contributed by atoms with Gasteiger partial charge in [-0.1, -0.05) is 27.2 Å². The van der Waals surface area contributed by atoms with Crippen molar-refractivity contribution in [2.24, 2.45) is 0 Å². The Morgan fingerprint density at radius 2 is 1.81 bits per heavy atom. The number of aromatic nitrogens is 3. The fourth-order valence-electron chi connectivity index (χ4n) is 1.76. The van der Waals surface area contributed by atoms with Crippen LogP contribution in [0.25, 0.3) is 0 Å². The summed E-state index contributed by atoms with van der Waals surface area (Å²) in [5.74, 6) is 2.67. The Balaban J connectivity index is 1.76. The van der Waals surface area contributed by atoms with E-state index in [1.165, 1.54) is 6.33 Å². The Hall–Kier alpha value is -2.41. The Labute approximate surface area is 129 Å². The molecule has 0 fully saturated rings. The number of aryl methyl sites for hydroxylation is 1. The van der Waals surface area contributed by atoms with Gasteiger partial charge in [0.25, 0.3) is 0 Å². The van der Waals surface area contributed by atoms with E-state index in [-0.39, 0.29) is 0 Å². The number of hydrogen-bond donors (Lipinski definition) is 2. The van der Waals surface area contributed by atoms with Crippen molar-refractivity contribution in [3.8, 4) is 0 Å². The molecule has 2 heterocycles. The second-order valence-electron chi connectivity index (χ2n) is 4.37. The van der Waals surface area contributed by atoms with Gasteiger partial charge >= 0.3 is 0 Å². The molecule has 21 heavy (non-hydrogen) atoms. The topological polar surface area (TPSA) is 75.9 Å². The molecule has 2 N–H and O–H groups in total. The predicted molar refractivity (Wildman–Crippen MR) is 84.0 cm³/mol. The lowest BCUT2D eigenvalue weighted by atomic mass is 10.3. The van der Waals surface area contributed by atoms with Gasteiger partial charge in [0.1, 0.15) is 23.7 Å². The fourth-order valence-corrected chi connectivity index (χ4v) is 2.16. The molecule has 0 spiro atoms. The van der Waals surface area contributed by atoms with Crippen LogP contribution in [0.4, 0.5) is 23.1 Å². The van der Waals surface area contributed by atoms with Gasteiger partial charge in [-0.3, -0.25) is 0 Å². The van der Waals surface area contributed by atoms with Gasteiger partial charge in [0.2, 0.25) is 0 Å². The van der Waals surface area contributed by atoms with Gasteiger partial charge in [-0.2, -0.15) is 0 Å². The largest absolute Gasteiger partial charge is 0.360 e. The minimum Gasteiger partial charge on any atom is -0.360 e. The van der Waals surface area contributed by atoms with Crippen molar-refractivity contribution in [1.82, 2.24) is 15.1 Å². The average Bonchev–Trinajstić information content (AvgIpc) is 2.84. The maximum atomic E-state index is 5.00. The summed E-state index contributed by atoms with van der Waals surface area (Å²) < 4.78 is 6.00. The van der Waals surface area contributed by atoms with Crippen molar-refractivity contribution < 1.29 is 4.52 Å². The molecule has 0 radical (unpaired) electrons. The standard InChI is InChI=1S/C14H12BrN5O/c1-9-5-14(20-21-9)19-13-7-12(16-8-17-13)18-11-4-2-3-10(15)6-11/h2-8H,1H3,(H2,16,17,18,19,20). The van der Waals surface area contributed by atoms with E-state index >= 15 is 0 Å². The molecule has 0 aliphatic heterocycles. The summed E-state index contributed by atoms with van der Waals surface area (Å²) in [4.78, 5) is 8.34. The van der Waals surface area contributed by atoms with E-state index in [1.54, 1.807) is 12.1 Å². The normalized spacial score (nSPS) is 10.4. The molecule has 0 amide bonds. The van der Waals surface area contributed by atoms with Crippen LogP contribution in [-0.4, -0.2) is 15.1 Å². The third-order valence-electron chi connectivity index (χ3n) is 2.65. The van der Waals surface area contributed by atoms with Gasteiger partial charge in [0.15, 0.2) is 5.82 Å². The highest BCUT2D eigenvalue weighted by atomic mass is 79.9. The van der Waals surface area contributed by atoms with Gasteiger partial charge < -0.3 is 15.2 Å². The first-order valence-electron chi connectivity index (χ1n) is 6.24. The van der Waals surface area contributed by atoms with Crippen LogP contribution >= 0.6 is 15.9 Å². The summed E-state index contributed by atoms with van der Waals surface area (Å²) in [7, 11) is 0. The SMILES string of the molecule is Cc1cc(Nc2cc(Nc3cccc(Br)c3)ncn2)no1. The van der Waals surface area contributed by atoms with Gasteiger partial charge in [0, 0.05) is 22.3 Å². The zero-order valence-electron chi connectivity index (χ0n) is 11.2. The number of rotatable bonds is 4. The summed E-state index contributed by atoms with van der Waals surface area (Å²) in [6.45, 7) is 1.83. The first-order valence-corrected chi connectivity index (χ1v) is 7.03. The molecule has 1 aromatic carbocycles. The Morgan fingerprint density at radius 3 is 2.52 bits per heavy atom. The molecule has 2 aromatic heterocycles. The highest BCUT2D eigenvalue weighted by Crippen LogP contribution is 2.21. The zero-order chi connectivity index (χ0) is 14.7. The number of anilines is 4. The number of hydrogen-bond acceptors (Lipinski definition) is 6. The van der Waals surface area contributed by atoms with E-state index in [9.17, 15) is 0 Å². The molecular weight excluding hydrogens is 334 g/mol. The van der Waals surface area contributed by atoms with Crippen LogP contribution in [0.1, 0.15) is 5.76 Å². The van der Waals surface area contributed by atoms with Crippen molar-refractivity contribution in [3.63, 3.8) is 0 Å². The molecule has 0 atom stereocenters. The fraction of sp³-hybridized carbons (Fsp3) is 0.0714.